The number of esters is 1. The summed E-state index contributed by atoms with van der Waals surface area (Å²) in [4.78, 5) is 25.0. The van der Waals surface area contributed by atoms with Crippen molar-refractivity contribution in [3.05, 3.63) is 78.9 Å². The molecule has 4 aromatic rings. The SMILES string of the molecule is C[C@H](N[P@](=O)(OC[C@@H]1C[C@H](O)C(n2cnc3c(N)ncnc32)O1)Oc1ccccc1)C(=O)OCc1ccccc1. The van der Waals surface area contributed by atoms with Gasteiger partial charge < -0.3 is 24.8 Å². The summed E-state index contributed by atoms with van der Waals surface area (Å²) in [5, 5.41) is 13.4. The minimum absolute atomic E-state index is 0.0606. The Morgan fingerprint density at radius 1 is 1.18 bits per heavy atom. The molecule has 2 aromatic carbocycles. The maximum atomic E-state index is 13.8. The van der Waals surface area contributed by atoms with Gasteiger partial charge in [0, 0.05) is 6.42 Å². The number of hydrogen-bond acceptors (Lipinski definition) is 11. The molecule has 1 fully saturated rings. The molecule has 5 rings (SSSR count). The highest BCUT2D eigenvalue weighted by molar-refractivity contribution is 7.52. The van der Waals surface area contributed by atoms with Crippen LogP contribution in [-0.4, -0.2) is 55.5 Å². The Balaban J connectivity index is 1.25. The number of fused-ring (bicyclic) bond motifs is 1. The Labute approximate surface area is 229 Å². The molecule has 3 heterocycles. The van der Waals surface area contributed by atoms with Gasteiger partial charge in [-0.25, -0.2) is 19.5 Å². The number of rotatable bonds is 11. The zero-order valence-electron chi connectivity index (χ0n) is 21.6. The lowest BCUT2D eigenvalue weighted by Crippen LogP contribution is -2.35. The first-order valence-electron chi connectivity index (χ1n) is 12.6. The van der Waals surface area contributed by atoms with E-state index in [0.29, 0.717) is 11.2 Å². The van der Waals surface area contributed by atoms with E-state index in [9.17, 15) is 14.5 Å². The molecule has 1 aliphatic heterocycles. The Morgan fingerprint density at radius 3 is 2.65 bits per heavy atom. The van der Waals surface area contributed by atoms with Crippen LogP contribution in [0.15, 0.2) is 73.3 Å². The lowest BCUT2D eigenvalue weighted by molar-refractivity contribution is -0.146. The van der Waals surface area contributed by atoms with E-state index in [1.165, 1.54) is 19.6 Å². The van der Waals surface area contributed by atoms with Crippen molar-refractivity contribution in [1.29, 1.82) is 0 Å². The first-order chi connectivity index (χ1) is 19.3. The third-order valence-corrected chi connectivity index (χ3v) is 7.80. The molecule has 2 aromatic heterocycles. The van der Waals surface area contributed by atoms with Crippen LogP contribution in [0.2, 0.25) is 0 Å². The van der Waals surface area contributed by atoms with Gasteiger partial charge in [-0.1, -0.05) is 48.5 Å². The molecule has 0 spiro atoms. The zero-order valence-corrected chi connectivity index (χ0v) is 22.5. The van der Waals surface area contributed by atoms with Crippen molar-refractivity contribution >= 4 is 30.7 Å². The fraction of sp³-hybridized carbons (Fsp3) is 0.308. The van der Waals surface area contributed by atoms with E-state index in [1.54, 1.807) is 34.9 Å². The van der Waals surface area contributed by atoms with Gasteiger partial charge in [0.2, 0.25) is 0 Å². The summed E-state index contributed by atoms with van der Waals surface area (Å²) in [5.74, 6) is -0.154. The van der Waals surface area contributed by atoms with Crippen molar-refractivity contribution in [1.82, 2.24) is 24.6 Å². The number of benzene rings is 2. The Kier molecular flexibility index (Phi) is 8.38. The van der Waals surface area contributed by atoms with Crippen LogP contribution in [0.25, 0.3) is 11.2 Å². The highest BCUT2D eigenvalue weighted by atomic mass is 31.2. The third kappa shape index (κ3) is 6.46. The van der Waals surface area contributed by atoms with Gasteiger partial charge in [-0.2, -0.15) is 5.09 Å². The summed E-state index contributed by atoms with van der Waals surface area (Å²) in [7, 11) is -4.11. The highest BCUT2D eigenvalue weighted by Crippen LogP contribution is 2.46. The maximum absolute atomic E-state index is 13.8. The molecule has 0 saturated carbocycles. The number of imidazole rings is 1. The largest absolute Gasteiger partial charge is 0.460 e. The molecule has 4 N–H and O–H groups in total. The number of aromatic nitrogens is 4. The average molecular weight is 569 g/mol. The second kappa shape index (κ2) is 12.1. The van der Waals surface area contributed by atoms with E-state index in [0.717, 1.165) is 5.56 Å². The molecule has 13 nitrogen and oxygen atoms in total. The zero-order chi connectivity index (χ0) is 28.1. The smallest absolute Gasteiger partial charge is 0.459 e. The second-order valence-corrected chi connectivity index (χ2v) is 10.9. The molecule has 1 unspecified atom stereocenters. The van der Waals surface area contributed by atoms with Crippen molar-refractivity contribution in [2.24, 2.45) is 0 Å². The van der Waals surface area contributed by atoms with E-state index in [1.807, 2.05) is 30.3 Å². The van der Waals surface area contributed by atoms with Crippen LogP contribution < -0.4 is 15.3 Å². The van der Waals surface area contributed by atoms with Crippen LogP contribution >= 0.6 is 7.75 Å². The van der Waals surface area contributed by atoms with Crippen molar-refractivity contribution < 1.29 is 33.0 Å². The number of hydrogen-bond donors (Lipinski definition) is 3. The monoisotopic (exact) mass is 568 g/mol. The topological polar surface area (TPSA) is 173 Å². The molecule has 0 aliphatic carbocycles. The highest BCUT2D eigenvalue weighted by Gasteiger charge is 2.39. The van der Waals surface area contributed by atoms with Gasteiger partial charge >= 0.3 is 13.7 Å². The summed E-state index contributed by atoms with van der Waals surface area (Å²) in [5.41, 5.74) is 7.47. The molecule has 5 atom stereocenters. The van der Waals surface area contributed by atoms with Crippen LogP contribution in [0.1, 0.15) is 25.1 Å². The lowest BCUT2D eigenvalue weighted by atomic mass is 10.2. The predicted octanol–water partition coefficient (Wildman–Crippen LogP) is 2.98. The molecule has 210 valence electrons. The van der Waals surface area contributed by atoms with Crippen LogP contribution in [0, 0.1) is 0 Å². The number of carbonyl (C=O) groups excluding carboxylic acids is 1. The number of anilines is 1. The van der Waals surface area contributed by atoms with Crippen molar-refractivity contribution in [2.45, 2.75) is 44.4 Å². The van der Waals surface area contributed by atoms with Gasteiger partial charge in [-0.05, 0) is 24.6 Å². The van der Waals surface area contributed by atoms with Gasteiger partial charge in [0.15, 0.2) is 17.7 Å². The number of ether oxygens (including phenoxy) is 2. The number of nitrogens with one attached hydrogen (secondary N) is 1. The van der Waals surface area contributed by atoms with Crippen molar-refractivity contribution in [2.75, 3.05) is 12.3 Å². The number of nitrogen functional groups attached to an aromatic ring is 1. The molecule has 0 amide bonds. The minimum Gasteiger partial charge on any atom is -0.460 e. The molecular weight excluding hydrogens is 539 g/mol. The van der Waals surface area contributed by atoms with E-state index in [-0.39, 0.29) is 31.2 Å². The van der Waals surface area contributed by atoms with E-state index in [4.69, 9.17) is 24.3 Å². The van der Waals surface area contributed by atoms with E-state index in [2.05, 4.69) is 20.0 Å². The van der Waals surface area contributed by atoms with Crippen LogP contribution in [0.5, 0.6) is 5.75 Å². The molecule has 0 radical (unpaired) electrons. The van der Waals surface area contributed by atoms with Crippen molar-refractivity contribution in [3.8, 4) is 5.75 Å². The predicted molar refractivity (Wildman–Crippen MR) is 144 cm³/mol. The number of aliphatic hydroxyl groups is 1. The van der Waals surface area contributed by atoms with Crippen LogP contribution in [-0.2, 0) is 30.0 Å². The summed E-state index contributed by atoms with van der Waals surface area (Å²) in [6.07, 6.45) is 0.503. The lowest BCUT2D eigenvalue weighted by Gasteiger charge is -2.24. The summed E-state index contributed by atoms with van der Waals surface area (Å²) < 4.78 is 38.1. The molecule has 0 bridgehead atoms. The van der Waals surface area contributed by atoms with E-state index >= 15 is 0 Å². The first-order valence-corrected chi connectivity index (χ1v) is 14.1. The summed E-state index contributed by atoms with van der Waals surface area (Å²) >= 11 is 0. The fourth-order valence-corrected chi connectivity index (χ4v) is 5.70. The Morgan fingerprint density at radius 2 is 1.90 bits per heavy atom. The third-order valence-electron chi connectivity index (χ3n) is 6.16. The quantitative estimate of drug-likeness (QED) is 0.179. The Hall–Kier alpha value is -3.87. The summed E-state index contributed by atoms with van der Waals surface area (Å²) in [6.45, 7) is 1.35. The minimum atomic E-state index is -4.11. The Bertz CT molecular complexity index is 1490. The molecule has 1 saturated heterocycles. The normalized spacial score (nSPS) is 21.1. The van der Waals surface area contributed by atoms with E-state index < -0.39 is 38.2 Å². The molecule has 1 aliphatic rings. The van der Waals surface area contributed by atoms with Gasteiger partial charge in [0.05, 0.1) is 19.0 Å². The van der Waals surface area contributed by atoms with Gasteiger partial charge in [-0.3, -0.25) is 13.9 Å². The van der Waals surface area contributed by atoms with Crippen molar-refractivity contribution in [3.63, 3.8) is 0 Å². The van der Waals surface area contributed by atoms with Crippen LogP contribution in [0.4, 0.5) is 5.82 Å². The van der Waals surface area contributed by atoms with Gasteiger partial charge in [0.1, 0.15) is 36.3 Å². The maximum Gasteiger partial charge on any atom is 0.459 e. The fourth-order valence-electron chi connectivity index (χ4n) is 4.18. The number of para-hydroxylation sites is 1. The summed E-state index contributed by atoms with van der Waals surface area (Å²) in [6, 6.07) is 16.6. The average Bonchev–Trinajstić information content (AvgIpc) is 3.55. The molecule has 40 heavy (non-hydrogen) atoms. The standard InChI is InChI=1S/C26H29N6O7P/c1-17(26(34)36-13-18-8-4-2-5-9-18)31-40(35,39-19-10-6-3-7-11-19)37-14-20-12-21(33)25(38-20)32-16-30-22-23(27)28-15-29-24(22)32/h2-11,15-17,20-21,25,33H,12-14H2,1H3,(H,31,35)(H2,27,28,29)/t17-,20-,21-,25?,40-/m0/s1. The van der Waals surface area contributed by atoms with Gasteiger partial charge in [0.25, 0.3) is 0 Å². The van der Waals surface area contributed by atoms with Gasteiger partial charge in [-0.15, -0.1) is 0 Å². The van der Waals surface area contributed by atoms with Crippen LogP contribution in [0.3, 0.4) is 0 Å². The molecular formula is C26H29N6O7P. The number of nitrogens with two attached hydrogens (primary N) is 1. The first kappa shape index (κ1) is 27.7. The number of nitrogens with zero attached hydrogens (tertiary/aromatic N) is 4. The number of aliphatic hydroxyl groups excluding tert-OH is 1. The second-order valence-electron chi connectivity index (χ2n) is 9.18. The molecule has 14 heteroatoms. The number of carbonyl (C=O) groups is 1.